The van der Waals surface area contributed by atoms with Crippen LogP contribution >= 0.6 is 11.6 Å². The smallest absolute Gasteiger partial charge is 0.265 e. The molecule has 1 amide bonds. The van der Waals surface area contributed by atoms with E-state index in [1.807, 2.05) is 18.2 Å². The lowest BCUT2D eigenvalue weighted by Crippen LogP contribution is -2.30. The monoisotopic (exact) mass is 368 g/mol. The van der Waals surface area contributed by atoms with Gasteiger partial charge in [-0.2, -0.15) is 0 Å². The molecular weight excluding hydrogens is 352 g/mol. The molecule has 0 spiro atoms. The number of unbranched alkanes of at least 4 members (excludes halogenated alkanes) is 1. The SMILES string of the molecule is O=C(NO)C(Cl)CCCCN1c2cccc3cccc(c23)S1(=O)=O. The minimum Gasteiger partial charge on any atom is -0.289 e. The molecule has 6 nitrogen and oxygen atoms in total. The summed E-state index contributed by atoms with van der Waals surface area (Å²) in [7, 11) is -3.54. The maximum Gasteiger partial charge on any atom is 0.265 e. The van der Waals surface area contributed by atoms with E-state index >= 15 is 0 Å². The summed E-state index contributed by atoms with van der Waals surface area (Å²) in [6, 6.07) is 10.8. The van der Waals surface area contributed by atoms with Gasteiger partial charge in [0.05, 0.1) is 10.6 Å². The minimum absolute atomic E-state index is 0.320. The van der Waals surface area contributed by atoms with Crippen LogP contribution in [0.1, 0.15) is 19.3 Å². The number of hydrogen-bond acceptors (Lipinski definition) is 4. The van der Waals surface area contributed by atoms with Crippen LogP contribution in [0.15, 0.2) is 41.3 Å². The van der Waals surface area contributed by atoms with Crippen LogP contribution in [0.4, 0.5) is 5.69 Å². The van der Waals surface area contributed by atoms with Gasteiger partial charge >= 0.3 is 0 Å². The summed E-state index contributed by atoms with van der Waals surface area (Å²) < 4.78 is 26.9. The van der Waals surface area contributed by atoms with Crippen LogP contribution in [-0.4, -0.2) is 31.5 Å². The number of carbonyl (C=O) groups is 1. The number of alkyl halides is 1. The second-order valence-electron chi connectivity index (χ2n) is 5.65. The largest absolute Gasteiger partial charge is 0.289 e. The van der Waals surface area contributed by atoms with E-state index in [2.05, 4.69) is 0 Å². The summed E-state index contributed by atoms with van der Waals surface area (Å²) in [5, 5.41) is 9.35. The fraction of sp³-hybridized carbons (Fsp3) is 0.312. The fourth-order valence-electron chi connectivity index (χ4n) is 2.98. The Morgan fingerprint density at radius 1 is 1.21 bits per heavy atom. The average molecular weight is 369 g/mol. The zero-order chi connectivity index (χ0) is 17.3. The quantitative estimate of drug-likeness (QED) is 0.355. The summed E-state index contributed by atoms with van der Waals surface area (Å²) in [6.07, 6.45) is 1.49. The summed E-state index contributed by atoms with van der Waals surface area (Å²) >= 11 is 5.82. The van der Waals surface area contributed by atoms with Crippen molar-refractivity contribution in [1.29, 1.82) is 0 Å². The highest BCUT2D eigenvalue weighted by Gasteiger charge is 2.34. The van der Waals surface area contributed by atoms with Gasteiger partial charge in [-0.25, -0.2) is 13.9 Å². The van der Waals surface area contributed by atoms with Crippen LogP contribution in [0.3, 0.4) is 0 Å². The first-order valence-electron chi connectivity index (χ1n) is 7.59. The van der Waals surface area contributed by atoms with Crippen molar-refractivity contribution in [3.8, 4) is 0 Å². The number of amides is 1. The normalized spacial score (nSPS) is 16.3. The second kappa shape index (κ2) is 6.58. The van der Waals surface area contributed by atoms with Crippen LogP contribution in [0.25, 0.3) is 10.8 Å². The van der Waals surface area contributed by atoms with E-state index in [9.17, 15) is 13.2 Å². The zero-order valence-corrected chi connectivity index (χ0v) is 14.3. The van der Waals surface area contributed by atoms with Gasteiger partial charge in [0.2, 0.25) is 0 Å². The van der Waals surface area contributed by atoms with Crippen LogP contribution in [0.5, 0.6) is 0 Å². The molecule has 3 rings (SSSR count). The lowest BCUT2D eigenvalue weighted by Gasteiger charge is -2.19. The van der Waals surface area contributed by atoms with Crippen LogP contribution in [-0.2, 0) is 14.8 Å². The van der Waals surface area contributed by atoms with Gasteiger partial charge in [0, 0.05) is 11.9 Å². The number of carbonyl (C=O) groups excluding carboxylic acids is 1. The molecule has 1 aliphatic heterocycles. The molecule has 1 aliphatic rings. The highest BCUT2D eigenvalue weighted by Crippen LogP contribution is 2.41. The molecule has 2 aromatic carbocycles. The molecule has 128 valence electrons. The molecule has 2 N–H and O–H groups in total. The number of benzene rings is 2. The van der Waals surface area contributed by atoms with E-state index in [1.165, 1.54) is 9.79 Å². The van der Waals surface area contributed by atoms with Crippen LogP contribution < -0.4 is 9.79 Å². The topological polar surface area (TPSA) is 86.7 Å². The molecule has 0 saturated heterocycles. The minimum atomic E-state index is -3.54. The van der Waals surface area contributed by atoms with Gasteiger partial charge < -0.3 is 0 Å². The van der Waals surface area contributed by atoms with Gasteiger partial charge in [-0.3, -0.25) is 14.3 Å². The maximum absolute atomic E-state index is 12.8. The average Bonchev–Trinajstić information content (AvgIpc) is 2.80. The number of rotatable bonds is 6. The molecule has 24 heavy (non-hydrogen) atoms. The highest BCUT2D eigenvalue weighted by molar-refractivity contribution is 7.93. The Bertz CT molecular complexity index is 880. The predicted molar refractivity (Wildman–Crippen MR) is 91.9 cm³/mol. The van der Waals surface area contributed by atoms with E-state index in [-0.39, 0.29) is 0 Å². The summed E-state index contributed by atoms with van der Waals surface area (Å²) in [5.74, 6) is -0.650. The number of halogens is 1. The molecular formula is C16H17ClN2O4S. The Hall–Kier alpha value is -1.83. The first kappa shape index (κ1) is 17.0. The fourth-order valence-corrected chi connectivity index (χ4v) is 4.93. The van der Waals surface area contributed by atoms with E-state index in [4.69, 9.17) is 16.8 Å². The Labute approximate surface area is 145 Å². The van der Waals surface area contributed by atoms with Crippen LogP contribution in [0, 0.1) is 0 Å². The molecule has 0 fully saturated rings. The number of sulfonamides is 1. The summed E-state index contributed by atoms with van der Waals surface area (Å²) in [5.41, 5.74) is 2.20. The van der Waals surface area contributed by atoms with Crippen molar-refractivity contribution in [2.45, 2.75) is 29.5 Å². The van der Waals surface area contributed by atoms with E-state index < -0.39 is 21.3 Å². The van der Waals surface area contributed by atoms with E-state index in [0.717, 1.165) is 10.8 Å². The molecule has 1 atom stereocenters. The lowest BCUT2D eigenvalue weighted by molar-refractivity contribution is -0.128. The number of hydrogen-bond donors (Lipinski definition) is 2. The van der Waals surface area contributed by atoms with Gasteiger partial charge in [-0.05, 0) is 36.8 Å². The molecule has 0 radical (unpaired) electrons. The van der Waals surface area contributed by atoms with Crippen molar-refractivity contribution < 1.29 is 18.4 Å². The number of hydroxylamine groups is 1. The molecule has 0 aromatic heterocycles. The van der Waals surface area contributed by atoms with Crippen LogP contribution in [0.2, 0.25) is 0 Å². The zero-order valence-electron chi connectivity index (χ0n) is 12.8. The van der Waals surface area contributed by atoms with Crippen molar-refractivity contribution in [2.75, 3.05) is 10.8 Å². The van der Waals surface area contributed by atoms with Gasteiger partial charge in [0.1, 0.15) is 5.38 Å². The molecule has 2 aromatic rings. The number of nitrogens with zero attached hydrogens (tertiary/aromatic N) is 1. The lowest BCUT2D eigenvalue weighted by atomic mass is 10.1. The first-order valence-corrected chi connectivity index (χ1v) is 9.47. The Morgan fingerprint density at radius 2 is 1.92 bits per heavy atom. The maximum atomic E-state index is 12.8. The number of anilines is 1. The Balaban J connectivity index is 1.74. The third-order valence-electron chi connectivity index (χ3n) is 4.14. The van der Waals surface area contributed by atoms with E-state index in [0.29, 0.717) is 36.4 Å². The second-order valence-corrected chi connectivity index (χ2v) is 8.01. The van der Waals surface area contributed by atoms with Crippen molar-refractivity contribution in [3.05, 3.63) is 36.4 Å². The van der Waals surface area contributed by atoms with Gasteiger partial charge in [-0.15, -0.1) is 11.6 Å². The predicted octanol–water partition coefficient (Wildman–Crippen LogP) is 2.63. The summed E-state index contributed by atoms with van der Waals surface area (Å²) in [4.78, 5) is 11.5. The molecule has 0 aliphatic carbocycles. The molecule has 8 heteroatoms. The third-order valence-corrected chi connectivity index (χ3v) is 6.42. The van der Waals surface area contributed by atoms with Crippen molar-refractivity contribution >= 4 is 44.0 Å². The molecule has 1 heterocycles. The molecule has 0 saturated carbocycles. The van der Waals surface area contributed by atoms with Gasteiger partial charge in [-0.1, -0.05) is 24.3 Å². The highest BCUT2D eigenvalue weighted by atomic mass is 35.5. The summed E-state index contributed by atoms with van der Waals surface area (Å²) in [6.45, 7) is 0.320. The standard InChI is InChI=1S/C16H17ClN2O4S/c17-12(16(20)18-21)7-1-2-10-19-13-8-3-5-11-6-4-9-14(15(11)13)24(19,22)23/h3-6,8-9,12,21H,1-2,7,10H2,(H,18,20). The first-order chi connectivity index (χ1) is 11.5. The van der Waals surface area contributed by atoms with Crippen molar-refractivity contribution in [2.24, 2.45) is 0 Å². The molecule has 1 unspecified atom stereocenters. The van der Waals surface area contributed by atoms with Gasteiger partial charge in [0.15, 0.2) is 0 Å². The number of nitrogens with one attached hydrogen (secondary N) is 1. The van der Waals surface area contributed by atoms with Crippen molar-refractivity contribution in [1.82, 2.24) is 5.48 Å². The van der Waals surface area contributed by atoms with Crippen molar-refractivity contribution in [3.63, 3.8) is 0 Å². The molecule has 0 bridgehead atoms. The van der Waals surface area contributed by atoms with E-state index in [1.54, 1.807) is 18.2 Å². The Morgan fingerprint density at radius 3 is 2.62 bits per heavy atom. The Kier molecular flexibility index (Phi) is 4.67. The third kappa shape index (κ3) is 2.83. The van der Waals surface area contributed by atoms with Gasteiger partial charge in [0.25, 0.3) is 15.9 Å².